The van der Waals surface area contributed by atoms with Crippen LogP contribution in [0.2, 0.25) is 0 Å². The Morgan fingerprint density at radius 3 is 2.33 bits per heavy atom. The number of rotatable bonds is 8. The number of anilines is 1. The molecule has 0 aliphatic carbocycles. The Morgan fingerprint density at radius 2 is 1.64 bits per heavy atom. The van der Waals surface area contributed by atoms with Crippen LogP contribution in [0.1, 0.15) is 50.4 Å². The summed E-state index contributed by atoms with van der Waals surface area (Å²) < 4.78 is 1.91. The second-order valence-corrected chi connectivity index (χ2v) is 9.58. The molecule has 7 nitrogen and oxygen atoms in total. The van der Waals surface area contributed by atoms with Crippen LogP contribution in [0.15, 0.2) is 66.9 Å². The van der Waals surface area contributed by atoms with E-state index >= 15 is 0 Å². The van der Waals surface area contributed by atoms with Crippen LogP contribution in [0.25, 0.3) is 16.7 Å². The van der Waals surface area contributed by atoms with Gasteiger partial charge in [-0.25, -0.2) is 14.6 Å². The highest BCUT2D eigenvalue weighted by molar-refractivity contribution is 5.88. The van der Waals surface area contributed by atoms with Gasteiger partial charge in [0.1, 0.15) is 11.6 Å². The van der Waals surface area contributed by atoms with E-state index < -0.39 is 0 Å². The van der Waals surface area contributed by atoms with Gasteiger partial charge in [0.2, 0.25) is 5.91 Å². The molecule has 1 fully saturated rings. The number of amides is 1. The van der Waals surface area contributed by atoms with Crippen molar-refractivity contribution in [2.24, 2.45) is 0 Å². The monoisotopic (exact) mass is 482 g/mol. The predicted molar refractivity (Wildman–Crippen MR) is 144 cm³/mol. The van der Waals surface area contributed by atoms with Crippen molar-refractivity contribution in [2.45, 2.75) is 45.4 Å². The summed E-state index contributed by atoms with van der Waals surface area (Å²) in [6.45, 7) is 7.29. The molecular formula is C29H34N6O. The quantitative estimate of drug-likeness (QED) is 0.354. The summed E-state index contributed by atoms with van der Waals surface area (Å²) >= 11 is 0. The maximum absolute atomic E-state index is 12.9. The molecule has 1 aliphatic heterocycles. The molecule has 1 saturated heterocycles. The van der Waals surface area contributed by atoms with Gasteiger partial charge in [0.25, 0.3) is 0 Å². The third-order valence-corrected chi connectivity index (χ3v) is 6.99. The van der Waals surface area contributed by atoms with Crippen molar-refractivity contribution in [1.29, 1.82) is 0 Å². The highest BCUT2D eigenvalue weighted by Crippen LogP contribution is 2.29. The molecular weight excluding hydrogens is 448 g/mol. The average molecular weight is 483 g/mol. The number of nitrogens with zero attached hydrogens (tertiary/aromatic N) is 6. The molecule has 0 unspecified atom stereocenters. The Bertz CT molecular complexity index is 1300. The number of benzene rings is 2. The van der Waals surface area contributed by atoms with E-state index in [1.54, 1.807) is 0 Å². The van der Waals surface area contributed by atoms with Crippen LogP contribution in [0, 0.1) is 0 Å². The van der Waals surface area contributed by atoms with Gasteiger partial charge in [0, 0.05) is 38.5 Å². The molecule has 3 heterocycles. The molecule has 0 radical (unpaired) electrons. The fourth-order valence-corrected chi connectivity index (χ4v) is 4.91. The average Bonchev–Trinajstić information content (AvgIpc) is 3.37. The SMILES string of the molecule is CCC[C@@H](C)c1nc(N2CCN(C(=O)CCc3ccccc3)CC2)c2cnn(-c3ccccc3)c2n1. The molecule has 0 bridgehead atoms. The molecule has 0 N–H and O–H groups in total. The van der Waals surface area contributed by atoms with Crippen molar-refractivity contribution in [1.82, 2.24) is 24.6 Å². The fourth-order valence-electron chi connectivity index (χ4n) is 4.91. The molecule has 7 heteroatoms. The van der Waals surface area contributed by atoms with E-state index in [2.05, 4.69) is 36.0 Å². The van der Waals surface area contributed by atoms with Crippen LogP contribution in [-0.2, 0) is 11.2 Å². The minimum atomic E-state index is 0.223. The highest BCUT2D eigenvalue weighted by Gasteiger charge is 2.26. The number of aryl methyl sites for hydroxylation is 1. The summed E-state index contributed by atoms with van der Waals surface area (Å²) in [5.41, 5.74) is 3.03. The molecule has 0 spiro atoms. The Balaban J connectivity index is 1.36. The molecule has 36 heavy (non-hydrogen) atoms. The van der Waals surface area contributed by atoms with Crippen LogP contribution < -0.4 is 4.90 Å². The van der Waals surface area contributed by atoms with Crippen LogP contribution in [0.4, 0.5) is 5.82 Å². The van der Waals surface area contributed by atoms with Crippen LogP contribution in [0.3, 0.4) is 0 Å². The normalized spacial score (nSPS) is 14.8. The summed E-state index contributed by atoms with van der Waals surface area (Å²) in [4.78, 5) is 27.2. The zero-order valence-corrected chi connectivity index (χ0v) is 21.2. The third kappa shape index (κ3) is 5.10. The van der Waals surface area contributed by atoms with Crippen molar-refractivity contribution < 1.29 is 4.79 Å². The van der Waals surface area contributed by atoms with Gasteiger partial charge >= 0.3 is 0 Å². The van der Waals surface area contributed by atoms with Crippen LogP contribution in [-0.4, -0.2) is 56.7 Å². The zero-order chi connectivity index (χ0) is 24.9. The van der Waals surface area contributed by atoms with E-state index in [9.17, 15) is 4.79 Å². The first-order valence-corrected chi connectivity index (χ1v) is 13.0. The molecule has 2 aromatic carbocycles. The van der Waals surface area contributed by atoms with Gasteiger partial charge in [0.15, 0.2) is 5.65 Å². The minimum Gasteiger partial charge on any atom is -0.352 e. The van der Waals surface area contributed by atoms with Crippen molar-refractivity contribution >= 4 is 22.8 Å². The molecule has 1 atom stereocenters. The van der Waals surface area contributed by atoms with Gasteiger partial charge in [-0.3, -0.25) is 4.79 Å². The lowest BCUT2D eigenvalue weighted by atomic mass is 10.1. The number of hydrogen-bond donors (Lipinski definition) is 0. The number of aromatic nitrogens is 4. The maximum Gasteiger partial charge on any atom is 0.223 e. The number of carbonyl (C=O) groups excluding carboxylic acids is 1. The lowest BCUT2D eigenvalue weighted by Crippen LogP contribution is -2.49. The molecule has 4 aromatic rings. The summed E-state index contributed by atoms with van der Waals surface area (Å²) in [7, 11) is 0. The molecule has 2 aromatic heterocycles. The highest BCUT2D eigenvalue weighted by atomic mass is 16.2. The zero-order valence-electron chi connectivity index (χ0n) is 21.2. The first-order valence-electron chi connectivity index (χ1n) is 13.0. The van der Waals surface area contributed by atoms with Gasteiger partial charge in [-0.2, -0.15) is 5.10 Å². The van der Waals surface area contributed by atoms with Crippen molar-refractivity contribution in [3.05, 3.63) is 78.2 Å². The topological polar surface area (TPSA) is 67.2 Å². The van der Waals surface area contributed by atoms with Gasteiger partial charge < -0.3 is 9.80 Å². The maximum atomic E-state index is 12.9. The number of fused-ring (bicyclic) bond motifs is 1. The third-order valence-electron chi connectivity index (χ3n) is 6.99. The van der Waals surface area contributed by atoms with Crippen molar-refractivity contribution in [2.75, 3.05) is 31.1 Å². The van der Waals surface area contributed by atoms with E-state index in [1.165, 1.54) is 5.56 Å². The van der Waals surface area contributed by atoms with E-state index in [0.717, 1.165) is 60.7 Å². The minimum absolute atomic E-state index is 0.223. The number of piperazine rings is 1. The van der Waals surface area contributed by atoms with E-state index in [4.69, 9.17) is 9.97 Å². The Labute approximate surface area is 212 Å². The van der Waals surface area contributed by atoms with Crippen molar-refractivity contribution in [3.8, 4) is 5.69 Å². The Morgan fingerprint density at radius 1 is 0.944 bits per heavy atom. The molecule has 0 saturated carbocycles. The summed E-state index contributed by atoms with van der Waals surface area (Å²) in [6.07, 6.45) is 5.32. The number of para-hydroxylation sites is 1. The Kier molecular flexibility index (Phi) is 7.26. The van der Waals surface area contributed by atoms with E-state index in [-0.39, 0.29) is 11.8 Å². The Hall–Kier alpha value is -3.74. The van der Waals surface area contributed by atoms with Gasteiger partial charge in [0.05, 0.1) is 17.3 Å². The summed E-state index contributed by atoms with van der Waals surface area (Å²) in [6, 6.07) is 20.3. The molecule has 5 rings (SSSR count). The lowest BCUT2D eigenvalue weighted by molar-refractivity contribution is -0.131. The molecule has 186 valence electrons. The smallest absolute Gasteiger partial charge is 0.223 e. The number of hydrogen-bond acceptors (Lipinski definition) is 5. The number of carbonyl (C=O) groups is 1. The largest absolute Gasteiger partial charge is 0.352 e. The van der Waals surface area contributed by atoms with Gasteiger partial charge in [-0.15, -0.1) is 0 Å². The second-order valence-electron chi connectivity index (χ2n) is 9.58. The van der Waals surface area contributed by atoms with Crippen LogP contribution in [0.5, 0.6) is 0 Å². The summed E-state index contributed by atoms with van der Waals surface area (Å²) in [5, 5.41) is 5.64. The standard InChI is InChI=1S/C29H34N6O/c1-3-10-22(2)27-31-28(25-21-30-35(29(25)32-27)24-13-8-5-9-14-24)34-19-17-33(18-20-34)26(36)16-15-23-11-6-4-7-12-23/h4-9,11-14,21-22H,3,10,15-20H2,1-2H3/t22-/m1/s1. The second kappa shape index (κ2) is 10.9. The van der Waals surface area contributed by atoms with E-state index in [1.807, 2.05) is 64.3 Å². The van der Waals surface area contributed by atoms with Crippen LogP contribution >= 0.6 is 0 Å². The molecule has 1 amide bonds. The fraction of sp³-hybridized carbons (Fsp3) is 0.379. The predicted octanol–water partition coefficient (Wildman–Crippen LogP) is 5.00. The van der Waals surface area contributed by atoms with Crippen molar-refractivity contribution in [3.63, 3.8) is 0 Å². The lowest BCUT2D eigenvalue weighted by Gasteiger charge is -2.36. The van der Waals surface area contributed by atoms with E-state index in [0.29, 0.717) is 19.5 Å². The first kappa shape index (κ1) is 24.0. The van der Waals surface area contributed by atoms with Gasteiger partial charge in [-0.05, 0) is 30.5 Å². The summed E-state index contributed by atoms with van der Waals surface area (Å²) in [5.74, 6) is 2.27. The first-order chi connectivity index (χ1) is 17.6. The van der Waals surface area contributed by atoms with Gasteiger partial charge in [-0.1, -0.05) is 68.8 Å². The molecule has 1 aliphatic rings.